The molecule has 0 spiro atoms. The summed E-state index contributed by atoms with van der Waals surface area (Å²) in [6, 6.07) is 10.3. The van der Waals surface area contributed by atoms with Crippen molar-refractivity contribution in [3.8, 4) is 11.9 Å². The quantitative estimate of drug-likeness (QED) is 0.539. The van der Waals surface area contributed by atoms with Crippen molar-refractivity contribution in [2.24, 2.45) is 0 Å². The minimum absolute atomic E-state index is 0.160. The molecule has 1 unspecified atom stereocenters. The van der Waals surface area contributed by atoms with Crippen LogP contribution >= 0.6 is 11.6 Å². The molecule has 0 amide bonds. The van der Waals surface area contributed by atoms with Crippen molar-refractivity contribution >= 4 is 29.1 Å². The Hall–Kier alpha value is -3.90. The van der Waals surface area contributed by atoms with Crippen LogP contribution in [0.5, 0.6) is 5.88 Å². The molecule has 1 aromatic carbocycles. The first-order valence-electron chi connectivity index (χ1n) is 10.2. The number of nitrogens with zero attached hydrogens (tertiary/aromatic N) is 5. The fraction of sp³-hybridized carbons (Fsp3) is 0.261. The number of hydrogen-bond donors (Lipinski definition) is 2. The van der Waals surface area contributed by atoms with Crippen LogP contribution in [0.25, 0.3) is 0 Å². The molecule has 33 heavy (non-hydrogen) atoms. The van der Waals surface area contributed by atoms with Gasteiger partial charge in [-0.15, -0.1) is 0 Å². The number of carbonyl (C=O) groups is 1. The average Bonchev–Trinajstić information content (AvgIpc) is 2.83. The molecular weight excluding hydrogens is 444 g/mol. The summed E-state index contributed by atoms with van der Waals surface area (Å²) in [5.41, 5.74) is 3.72. The minimum atomic E-state index is -0.951. The van der Waals surface area contributed by atoms with Crippen LogP contribution in [0.2, 0.25) is 5.02 Å². The monoisotopic (exact) mass is 464 g/mol. The summed E-state index contributed by atoms with van der Waals surface area (Å²) >= 11 is 6.06. The van der Waals surface area contributed by atoms with Crippen molar-refractivity contribution in [1.29, 1.82) is 5.26 Å². The number of carboxylic acid groups (broad SMARTS) is 1. The largest absolute Gasteiger partial charge is 0.481 e. The van der Waals surface area contributed by atoms with Crippen molar-refractivity contribution < 1.29 is 14.6 Å². The molecule has 1 aliphatic rings. The molecule has 1 aliphatic heterocycles. The lowest BCUT2D eigenvalue weighted by Gasteiger charge is -2.32. The smallest absolute Gasteiger partial charge is 0.305 e. The molecule has 0 saturated heterocycles. The molecule has 4 rings (SSSR count). The van der Waals surface area contributed by atoms with E-state index in [4.69, 9.17) is 16.3 Å². The van der Waals surface area contributed by atoms with Crippen LogP contribution in [-0.2, 0) is 17.8 Å². The highest BCUT2D eigenvalue weighted by molar-refractivity contribution is 6.30. The highest BCUT2D eigenvalue weighted by Crippen LogP contribution is 2.32. The summed E-state index contributed by atoms with van der Waals surface area (Å²) < 4.78 is 5.10. The first kappa shape index (κ1) is 22.3. The van der Waals surface area contributed by atoms with E-state index in [2.05, 4.69) is 31.2 Å². The van der Waals surface area contributed by atoms with Gasteiger partial charge in [-0.3, -0.25) is 4.79 Å². The molecule has 0 saturated carbocycles. The van der Waals surface area contributed by atoms with Crippen molar-refractivity contribution in [2.45, 2.75) is 25.4 Å². The highest BCUT2D eigenvalue weighted by atomic mass is 35.5. The van der Waals surface area contributed by atoms with Gasteiger partial charge in [0.1, 0.15) is 18.2 Å². The van der Waals surface area contributed by atoms with Gasteiger partial charge in [0.15, 0.2) is 0 Å². The van der Waals surface area contributed by atoms with Crippen LogP contribution in [0.4, 0.5) is 11.5 Å². The number of rotatable bonds is 7. The number of anilines is 2. The van der Waals surface area contributed by atoms with E-state index in [-0.39, 0.29) is 6.42 Å². The standard InChI is InChI=1S/C23H21ClN6O3/c1-33-21-5-2-14(11-26-21)19(9-22(31)32)29-23-17-12-30(7-6-18(17)27-13-28-23)20-4-3-16(24)8-15(20)10-25/h2-5,8,11,13,19H,6-7,9,12H2,1H3,(H,31,32)(H,27,28,29). The normalized spacial score (nSPS) is 13.5. The van der Waals surface area contributed by atoms with E-state index in [1.54, 1.807) is 30.5 Å². The Morgan fingerprint density at radius 1 is 1.33 bits per heavy atom. The van der Waals surface area contributed by atoms with Gasteiger partial charge in [0.25, 0.3) is 0 Å². The lowest BCUT2D eigenvalue weighted by atomic mass is 10.0. The lowest BCUT2D eigenvalue weighted by Crippen LogP contribution is -2.32. The number of aromatic nitrogens is 3. The zero-order chi connectivity index (χ0) is 23.4. The predicted molar refractivity (Wildman–Crippen MR) is 122 cm³/mol. The van der Waals surface area contributed by atoms with Crippen LogP contribution in [-0.4, -0.2) is 39.7 Å². The van der Waals surface area contributed by atoms with Crippen LogP contribution in [0.15, 0.2) is 42.9 Å². The van der Waals surface area contributed by atoms with Gasteiger partial charge in [0.05, 0.1) is 36.5 Å². The zero-order valence-electron chi connectivity index (χ0n) is 17.8. The Morgan fingerprint density at radius 3 is 2.88 bits per heavy atom. The maximum Gasteiger partial charge on any atom is 0.305 e. The summed E-state index contributed by atoms with van der Waals surface area (Å²) in [6.07, 6.45) is 3.57. The van der Waals surface area contributed by atoms with E-state index in [1.165, 1.54) is 13.4 Å². The predicted octanol–water partition coefficient (Wildman–Crippen LogP) is 3.60. The van der Waals surface area contributed by atoms with Gasteiger partial charge in [-0.2, -0.15) is 5.26 Å². The second-order valence-electron chi connectivity index (χ2n) is 7.52. The zero-order valence-corrected chi connectivity index (χ0v) is 18.6. The maximum atomic E-state index is 11.6. The molecule has 10 heteroatoms. The van der Waals surface area contributed by atoms with Gasteiger partial charge in [-0.05, 0) is 23.8 Å². The SMILES string of the molecule is COc1ccc(C(CC(=O)O)Nc2ncnc3c2CN(c2ccc(Cl)cc2C#N)CC3)cn1. The van der Waals surface area contributed by atoms with Crippen molar-refractivity contribution in [3.63, 3.8) is 0 Å². The first-order chi connectivity index (χ1) is 16.0. The number of aliphatic carboxylic acids is 1. The van der Waals surface area contributed by atoms with E-state index < -0.39 is 12.0 Å². The second-order valence-corrected chi connectivity index (χ2v) is 7.96. The van der Waals surface area contributed by atoms with Crippen molar-refractivity contribution in [1.82, 2.24) is 15.0 Å². The summed E-state index contributed by atoms with van der Waals surface area (Å²) in [4.78, 5) is 26.7. The van der Waals surface area contributed by atoms with Crippen molar-refractivity contribution in [3.05, 3.63) is 70.3 Å². The van der Waals surface area contributed by atoms with Gasteiger partial charge in [-0.1, -0.05) is 17.7 Å². The minimum Gasteiger partial charge on any atom is -0.481 e. The fourth-order valence-electron chi connectivity index (χ4n) is 3.86. The molecule has 0 radical (unpaired) electrons. The van der Waals surface area contributed by atoms with E-state index in [0.717, 1.165) is 16.9 Å². The Labute approximate surface area is 195 Å². The number of methoxy groups -OCH3 is 1. The topological polar surface area (TPSA) is 124 Å². The summed E-state index contributed by atoms with van der Waals surface area (Å²) in [7, 11) is 1.52. The molecule has 2 aromatic heterocycles. The number of hydrogen-bond acceptors (Lipinski definition) is 8. The maximum absolute atomic E-state index is 11.6. The number of benzene rings is 1. The van der Waals surface area contributed by atoms with Gasteiger partial charge in [0, 0.05) is 42.4 Å². The Morgan fingerprint density at radius 2 is 2.18 bits per heavy atom. The summed E-state index contributed by atoms with van der Waals surface area (Å²) in [6.45, 7) is 1.15. The molecule has 9 nitrogen and oxygen atoms in total. The summed E-state index contributed by atoms with van der Waals surface area (Å²) in [5, 5.41) is 22.8. The molecular formula is C23H21ClN6O3. The number of pyridine rings is 1. The Kier molecular flexibility index (Phi) is 6.56. The van der Waals surface area contributed by atoms with Gasteiger partial charge >= 0.3 is 5.97 Å². The fourth-order valence-corrected chi connectivity index (χ4v) is 4.03. The number of fused-ring (bicyclic) bond motifs is 1. The number of ether oxygens (including phenoxy) is 1. The highest BCUT2D eigenvalue weighted by Gasteiger charge is 2.25. The van der Waals surface area contributed by atoms with Crippen LogP contribution < -0.4 is 15.0 Å². The number of nitrogens with one attached hydrogen (secondary N) is 1. The third kappa shape index (κ3) is 4.96. The second kappa shape index (κ2) is 9.71. The van der Waals surface area contributed by atoms with Gasteiger partial charge in [0.2, 0.25) is 5.88 Å². The lowest BCUT2D eigenvalue weighted by molar-refractivity contribution is -0.137. The Bertz CT molecular complexity index is 1210. The van der Waals surface area contributed by atoms with Gasteiger partial charge < -0.3 is 20.1 Å². The van der Waals surface area contributed by atoms with E-state index in [0.29, 0.717) is 47.4 Å². The number of halogens is 1. The molecule has 0 aliphatic carbocycles. The van der Waals surface area contributed by atoms with Crippen LogP contribution in [0.1, 0.15) is 34.8 Å². The molecule has 0 fully saturated rings. The number of nitriles is 1. The molecule has 0 bridgehead atoms. The summed E-state index contributed by atoms with van der Waals surface area (Å²) in [5.74, 6) is 0.0473. The third-order valence-corrected chi connectivity index (χ3v) is 5.72. The molecule has 3 aromatic rings. The van der Waals surface area contributed by atoms with E-state index in [9.17, 15) is 15.2 Å². The molecule has 3 heterocycles. The molecule has 1 atom stereocenters. The third-order valence-electron chi connectivity index (χ3n) is 5.48. The molecule has 2 N–H and O–H groups in total. The Balaban J connectivity index is 1.65. The van der Waals surface area contributed by atoms with Gasteiger partial charge in [-0.25, -0.2) is 15.0 Å². The van der Waals surface area contributed by atoms with E-state index in [1.807, 2.05) is 6.07 Å². The average molecular weight is 465 g/mol. The number of carboxylic acids is 1. The first-order valence-corrected chi connectivity index (χ1v) is 10.6. The van der Waals surface area contributed by atoms with E-state index >= 15 is 0 Å². The van der Waals surface area contributed by atoms with Crippen LogP contribution in [0.3, 0.4) is 0 Å². The van der Waals surface area contributed by atoms with Crippen LogP contribution in [0, 0.1) is 11.3 Å². The van der Waals surface area contributed by atoms with Crippen molar-refractivity contribution in [2.75, 3.05) is 23.9 Å². The molecule has 168 valence electrons.